The summed E-state index contributed by atoms with van der Waals surface area (Å²) in [5, 5.41) is 9.78. The third-order valence-electron chi connectivity index (χ3n) is 5.46. The summed E-state index contributed by atoms with van der Waals surface area (Å²) in [4.78, 5) is 12.6. The van der Waals surface area contributed by atoms with Gasteiger partial charge in [0.15, 0.2) is 0 Å². The van der Waals surface area contributed by atoms with Crippen LogP contribution in [0.1, 0.15) is 67.7 Å². The summed E-state index contributed by atoms with van der Waals surface area (Å²) in [6.45, 7) is 15.5. The van der Waals surface area contributed by atoms with Crippen LogP contribution in [0, 0.1) is 33.5 Å². The van der Waals surface area contributed by atoms with Gasteiger partial charge in [-0.05, 0) is 44.4 Å². The van der Waals surface area contributed by atoms with Crippen LogP contribution in [0.5, 0.6) is 0 Å². The first-order valence-corrected chi connectivity index (χ1v) is 8.70. The Balaban J connectivity index is 2.87. The second kappa shape index (κ2) is 7.21. The highest BCUT2D eigenvalue weighted by atomic mass is 16.6. The average Bonchev–Trinajstić information content (AvgIpc) is 3.27. The summed E-state index contributed by atoms with van der Waals surface area (Å²) in [6, 6.07) is 2.52. The summed E-state index contributed by atoms with van der Waals surface area (Å²) < 4.78 is 10.5. The molecule has 132 valence electrons. The summed E-state index contributed by atoms with van der Waals surface area (Å²) in [7, 11) is 0. The predicted octanol–water partition coefficient (Wildman–Crippen LogP) is 4.34. The molecule has 3 atom stereocenters. The molecule has 1 aliphatic heterocycles. The molecule has 4 nitrogen and oxygen atoms in total. The molecular weight excluding hydrogens is 290 g/mol. The van der Waals surface area contributed by atoms with Crippen molar-refractivity contribution >= 4 is 5.97 Å². The van der Waals surface area contributed by atoms with E-state index < -0.39 is 10.8 Å². The minimum absolute atomic E-state index is 0.0818. The number of nitrogens with zero attached hydrogens (tertiary/aromatic N) is 1. The Morgan fingerprint density at radius 1 is 1.35 bits per heavy atom. The fourth-order valence-corrected chi connectivity index (χ4v) is 3.31. The normalized spacial score (nSPS) is 22.8. The van der Waals surface area contributed by atoms with Crippen LogP contribution < -0.4 is 0 Å². The van der Waals surface area contributed by atoms with Gasteiger partial charge in [0.1, 0.15) is 12.7 Å². The average molecular weight is 323 g/mol. The zero-order valence-corrected chi connectivity index (χ0v) is 15.9. The number of ether oxygens (including phenoxy) is 2. The molecule has 0 aromatic heterocycles. The first kappa shape index (κ1) is 20.0. The van der Waals surface area contributed by atoms with E-state index in [1.54, 1.807) is 0 Å². The van der Waals surface area contributed by atoms with E-state index in [1.165, 1.54) is 0 Å². The first-order valence-electron chi connectivity index (χ1n) is 8.70. The Morgan fingerprint density at radius 3 is 2.30 bits per heavy atom. The zero-order chi connectivity index (χ0) is 17.9. The van der Waals surface area contributed by atoms with E-state index in [1.807, 2.05) is 20.8 Å². The largest absolute Gasteiger partial charge is 0.462 e. The molecule has 0 radical (unpaired) electrons. The fraction of sp³-hybridized carbons (Fsp3) is 0.895. The number of hydrogen-bond donors (Lipinski definition) is 0. The van der Waals surface area contributed by atoms with E-state index in [4.69, 9.17) is 9.47 Å². The highest BCUT2D eigenvalue weighted by Crippen LogP contribution is 2.50. The predicted molar refractivity (Wildman–Crippen MR) is 90.7 cm³/mol. The minimum Gasteiger partial charge on any atom is -0.462 e. The number of nitriles is 1. The summed E-state index contributed by atoms with van der Waals surface area (Å²) in [6.07, 6.45) is 2.24. The number of carbonyl (C=O) groups is 1. The number of epoxide rings is 1. The van der Waals surface area contributed by atoms with Crippen LogP contribution in [0.15, 0.2) is 0 Å². The van der Waals surface area contributed by atoms with Gasteiger partial charge in [0.05, 0.1) is 23.5 Å². The Morgan fingerprint density at radius 2 is 1.91 bits per heavy atom. The van der Waals surface area contributed by atoms with Gasteiger partial charge >= 0.3 is 5.97 Å². The summed E-state index contributed by atoms with van der Waals surface area (Å²) in [5.74, 6) is 0.263. The van der Waals surface area contributed by atoms with Crippen molar-refractivity contribution in [3.63, 3.8) is 0 Å². The van der Waals surface area contributed by atoms with E-state index in [9.17, 15) is 10.1 Å². The second-order valence-electron chi connectivity index (χ2n) is 8.57. The number of rotatable bonds is 9. The third kappa shape index (κ3) is 4.94. The molecule has 0 aromatic rings. The van der Waals surface area contributed by atoms with Gasteiger partial charge in [-0.1, -0.05) is 34.6 Å². The van der Waals surface area contributed by atoms with Crippen molar-refractivity contribution in [2.45, 2.75) is 73.8 Å². The maximum atomic E-state index is 12.6. The van der Waals surface area contributed by atoms with E-state index in [0.717, 1.165) is 6.42 Å². The SMILES string of the molecule is CCC(C)(CC(C)(C)C(C)(C#N)CC(C)C)C(=O)OCC1CO1. The van der Waals surface area contributed by atoms with Crippen LogP contribution >= 0.6 is 0 Å². The minimum atomic E-state index is -0.576. The number of hydrogen-bond acceptors (Lipinski definition) is 4. The van der Waals surface area contributed by atoms with Crippen LogP contribution in [0.2, 0.25) is 0 Å². The maximum Gasteiger partial charge on any atom is 0.311 e. The Hall–Kier alpha value is -1.08. The van der Waals surface area contributed by atoms with E-state index in [-0.39, 0.29) is 17.5 Å². The van der Waals surface area contributed by atoms with Crippen molar-refractivity contribution < 1.29 is 14.3 Å². The zero-order valence-electron chi connectivity index (χ0n) is 15.9. The van der Waals surface area contributed by atoms with Gasteiger partial charge in [-0.3, -0.25) is 4.79 Å². The Kier molecular flexibility index (Phi) is 6.26. The van der Waals surface area contributed by atoms with Crippen LogP contribution in [0.25, 0.3) is 0 Å². The molecule has 0 aliphatic carbocycles. The molecule has 1 saturated heterocycles. The first-order chi connectivity index (χ1) is 10.5. The van der Waals surface area contributed by atoms with Crippen LogP contribution in [-0.2, 0) is 14.3 Å². The van der Waals surface area contributed by atoms with Gasteiger partial charge in [-0.2, -0.15) is 5.26 Å². The van der Waals surface area contributed by atoms with Crippen molar-refractivity contribution in [3.8, 4) is 6.07 Å². The lowest BCUT2D eigenvalue weighted by molar-refractivity contribution is -0.158. The second-order valence-corrected chi connectivity index (χ2v) is 8.57. The van der Waals surface area contributed by atoms with Gasteiger partial charge in [0.2, 0.25) is 0 Å². The van der Waals surface area contributed by atoms with Gasteiger partial charge in [-0.25, -0.2) is 0 Å². The van der Waals surface area contributed by atoms with Crippen molar-refractivity contribution in [1.29, 1.82) is 5.26 Å². The lowest BCUT2D eigenvalue weighted by Gasteiger charge is -2.44. The highest BCUT2D eigenvalue weighted by Gasteiger charge is 2.48. The molecule has 0 bridgehead atoms. The molecule has 1 fully saturated rings. The van der Waals surface area contributed by atoms with Crippen molar-refractivity contribution in [2.75, 3.05) is 13.2 Å². The van der Waals surface area contributed by atoms with Gasteiger partial charge in [-0.15, -0.1) is 0 Å². The summed E-state index contributed by atoms with van der Waals surface area (Å²) >= 11 is 0. The molecule has 0 amide bonds. The molecular formula is C19H33NO3. The van der Waals surface area contributed by atoms with Crippen LogP contribution in [0.4, 0.5) is 0 Å². The highest BCUT2D eigenvalue weighted by molar-refractivity contribution is 5.76. The van der Waals surface area contributed by atoms with Gasteiger partial charge in [0.25, 0.3) is 0 Å². The molecule has 0 saturated carbocycles. The Labute approximate surface area is 141 Å². The molecule has 4 heteroatoms. The molecule has 3 unspecified atom stereocenters. The smallest absolute Gasteiger partial charge is 0.311 e. The summed E-state index contributed by atoms with van der Waals surface area (Å²) in [5.41, 5.74) is -1.34. The molecule has 0 N–H and O–H groups in total. The molecule has 0 aromatic carbocycles. The third-order valence-corrected chi connectivity index (χ3v) is 5.46. The molecule has 23 heavy (non-hydrogen) atoms. The number of carbonyl (C=O) groups excluding carboxylic acids is 1. The quantitative estimate of drug-likeness (QED) is 0.468. The lowest BCUT2D eigenvalue weighted by atomic mass is 9.58. The number of esters is 1. The molecule has 1 heterocycles. The van der Waals surface area contributed by atoms with Gasteiger partial charge < -0.3 is 9.47 Å². The lowest BCUT2D eigenvalue weighted by Crippen LogP contribution is -2.42. The Bertz CT molecular complexity index is 462. The van der Waals surface area contributed by atoms with Crippen molar-refractivity contribution in [3.05, 3.63) is 0 Å². The van der Waals surface area contributed by atoms with E-state index >= 15 is 0 Å². The van der Waals surface area contributed by atoms with E-state index in [2.05, 4.69) is 33.8 Å². The monoisotopic (exact) mass is 323 g/mol. The van der Waals surface area contributed by atoms with Crippen LogP contribution in [0.3, 0.4) is 0 Å². The topological polar surface area (TPSA) is 62.6 Å². The van der Waals surface area contributed by atoms with Crippen molar-refractivity contribution in [1.82, 2.24) is 0 Å². The fourth-order valence-electron chi connectivity index (χ4n) is 3.31. The molecule has 1 aliphatic rings. The molecule has 0 spiro atoms. The van der Waals surface area contributed by atoms with Gasteiger partial charge in [0, 0.05) is 0 Å². The van der Waals surface area contributed by atoms with Crippen molar-refractivity contribution in [2.24, 2.45) is 22.2 Å². The van der Waals surface area contributed by atoms with Crippen LogP contribution in [-0.4, -0.2) is 25.3 Å². The maximum absolute atomic E-state index is 12.6. The van der Waals surface area contributed by atoms with E-state index in [0.29, 0.717) is 32.0 Å². The molecule has 1 rings (SSSR count). The standard InChI is InChI=1S/C19H33NO3/c1-8-18(6,16(21)23-11-15-10-22-15)12-17(4,5)19(7,13-20)9-14(2)3/h14-15H,8-12H2,1-7H3.